The maximum Gasteiger partial charge on any atom is 0.00508 e. The zero-order chi connectivity index (χ0) is 3.70. The van der Waals surface area contributed by atoms with Crippen molar-refractivity contribution in [3.8, 4) is 0 Å². The molecule has 0 aromatic rings. The van der Waals surface area contributed by atoms with Crippen molar-refractivity contribution in [1.29, 1.82) is 0 Å². The summed E-state index contributed by atoms with van der Waals surface area (Å²) in [5.74, 6) is 0. The van der Waals surface area contributed by atoms with Crippen LogP contribution in [0.2, 0.25) is 0 Å². The topological polar surface area (TPSA) is 47.0 Å². The van der Waals surface area contributed by atoms with E-state index >= 15 is 0 Å². The molecule has 0 spiro atoms. The minimum Gasteiger partial charge on any atom is -0.344 e. The second-order valence-corrected chi connectivity index (χ2v) is 1.64. The summed E-state index contributed by atoms with van der Waals surface area (Å²) in [6.45, 7) is 3.44. The summed E-state index contributed by atoms with van der Waals surface area (Å²) in [6.07, 6.45) is 1.38. The lowest BCUT2D eigenvalue weighted by atomic mass is 10.1. The van der Waals surface area contributed by atoms with Crippen molar-refractivity contribution in [3.63, 3.8) is 0 Å². The zero-order valence-corrected chi connectivity index (χ0v) is 4.20. The van der Waals surface area contributed by atoms with E-state index in [1.807, 2.05) is 0 Å². The molecule has 4 N–H and O–H groups in total. The minimum absolute atomic E-state index is 0. The lowest BCUT2D eigenvalue weighted by molar-refractivity contribution is 0.399. The molecule has 1 fully saturated rings. The van der Waals surface area contributed by atoms with Crippen LogP contribution in [0, 0.1) is 0 Å². The first kappa shape index (κ1) is 5.92. The van der Waals surface area contributed by atoms with Crippen LogP contribution in [0.5, 0.6) is 0 Å². The average Bonchev–Trinajstić information content (AvgIpc) is 1.30. The van der Waals surface area contributed by atoms with Gasteiger partial charge in [-0.3, -0.25) is 0 Å². The van der Waals surface area contributed by atoms with E-state index in [0.29, 0.717) is 0 Å². The van der Waals surface area contributed by atoms with Gasteiger partial charge in [-0.15, -0.1) is 0 Å². The Bertz CT molecular complexity index is 32.5. The molecule has 0 bridgehead atoms. The molecular formula is C4H12N2. The van der Waals surface area contributed by atoms with Crippen molar-refractivity contribution in [2.75, 3.05) is 6.54 Å². The van der Waals surface area contributed by atoms with Gasteiger partial charge in [-0.1, -0.05) is 0 Å². The van der Waals surface area contributed by atoms with Gasteiger partial charge in [0.25, 0.3) is 0 Å². The standard InChI is InChI=1S/C4H9N.H3N/c1-4-2-3-5-4;/h4-5H,2-3H2,1H3;1H3. The van der Waals surface area contributed by atoms with E-state index in [9.17, 15) is 0 Å². The zero-order valence-electron chi connectivity index (χ0n) is 4.20. The van der Waals surface area contributed by atoms with E-state index < -0.39 is 0 Å². The Kier molecular flexibility index (Phi) is 2.13. The minimum atomic E-state index is 0. The van der Waals surface area contributed by atoms with Crippen LogP contribution < -0.4 is 11.5 Å². The lowest BCUT2D eigenvalue weighted by Crippen LogP contribution is -2.39. The van der Waals surface area contributed by atoms with Crippen molar-refractivity contribution in [2.45, 2.75) is 19.4 Å². The third-order valence-electron chi connectivity index (χ3n) is 1.07. The molecule has 0 saturated carbocycles. The SMILES string of the molecule is CC1CCN1.N. The van der Waals surface area contributed by atoms with Gasteiger partial charge in [-0.2, -0.15) is 0 Å². The molecular weight excluding hydrogens is 76.1 g/mol. The highest BCUT2D eigenvalue weighted by molar-refractivity contribution is 4.70. The Balaban J connectivity index is 0.000000250. The predicted molar refractivity (Wildman–Crippen MR) is 27.1 cm³/mol. The Morgan fingerprint density at radius 2 is 2.00 bits per heavy atom. The van der Waals surface area contributed by atoms with E-state index in [-0.39, 0.29) is 6.15 Å². The first-order valence-electron chi connectivity index (χ1n) is 2.13. The fourth-order valence-corrected chi connectivity index (χ4v) is 0.433. The number of hydrogen-bond donors (Lipinski definition) is 2. The average molecular weight is 88.2 g/mol. The molecule has 38 valence electrons. The van der Waals surface area contributed by atoms with Gasteiger partial charge >= 0.3 is 0 Å². The van der Waals surface area contributed by atoms with Crippen LogP contribution in [-0.2, 0) is 0 Å². The maximum absolute atomic E-state index is 3.21. The molecule has 2 nitrogen and oxygen atoms in total. The lowest BCUT2D eigenvalue weighted by Gasteiger charge is -2.22. The van der Waals surface area contributed by atoms with Crippen LogP contribution in [0.3, 0.4) is 0 Å². The van der Waals surface area contributed by atoms with Crippen LogP contribution in [0.25, 0.3) is 0 Å². The van der Waals surface area contributed by atoms with Gasteiger partial charge in [0.2, 0.25) is 0 Å². The number of rotatable bonds is 0. The molecule has 1 heterocycles. The van der Waals surface area contributed by atoms with Crippen LogP contribution in [0.15, 0.2) is 0 Å². The Morgan fingerprint density at radius 1 is 1.67 bits per heavy atom. The highest BCUT2D eigenvalue weighted by Crippen LogP contribution is 1.96. The normalized spacial score (nSPS) is 30.5. The van der Waals surface area contributed by atoms with Gasteiger partial charge in [0.1, 0.15) is 0 Å². The first-order valence-corrected chi connectivity index (χ1v) is 2.13. The third-order valence-corrected chi connectivity index (χ3v) is 1.07. The highest BCUT2D eigenvalue weighted by Gasteiger charge is 2.07. The van der Waals surface area contributed by atoms with Crippen molar-refractivity contribution in [2.24, 2.45) is 0 Å². The third kappa shape index (κ3) is 0.954. The van der Waals surface area contributed by atoms with Gasteiger partial charge < -0.3 is 11.5 Å². The summed E-state index contributed by atoms with van der Waals surface area (Å²) < 4.78 is 0. The van der Waals surface area contributed by atoms with Gasteiger partial charge in [0.15, 0.2) is 0 Å². The number of hydrogen-bond acceptors (Lipinski definition) is 2. The summed E-state index contributed by atoms with van der Waals surface area (Å²) in [4.78, 5) is 0. The number of nitrogens with one attached hydrogen (secondary N) is 1. The monoisotopic (exact) mass is 88.1 g/mol. The molecule has 1 rings (SSSR count). The van der Waals surface area contributed by atoms with Crippen LogP contribution >= 0.6 is 0 Å². The van der Waals surface area contributed by atoms with Crippen molar-refractivity contribution in [3.05, 3.63) is 0 Å². The maximum atomic E-state index is 3.21. The molecule has 1 aliphatic rings. The molecule has 6 heavy (non-hydrogen) atoms. The highest BCUT2D eigenvalue weighted by atomic mass is 15.0. The van der Waals surface area contributed by atoms with Crippen molar-refractivity contribution in [1.82, 2.24) is 11.5 Å². The van der Waals surface area contributed by atoms with Crippen molar-refractivity contribution >= 4 is 0 Å². The second kappa shape index (κ2) is 2.16. The summed E-state index contributed by atoms with van der Waals surface area (Å²) in [7, 11) is 0. The van der Waals surface area contributed by atoms with Gasteiger partial charge in [-0.25, -0.2) is 0 Å². The molecule has 0 amide bonds. The molecule has 1 saturated heterocycles. The molecule has 1 aliphatic heterocycles. The second-order valence-electron chi connectivity index (χ2n) is 1.64. The summed E-state index contributed by atoms with van der Waals surface area (Å²) in [5, 5.41) is 3.21. The fraction of sp³-hybridized carbons (Fsp3) is 1.00. The Morgan fingerprint density at radius 3 is 2.00 bits per heavy atom. The van der Waals surface area contributed by atoms with E-state index in [1.165, 1.54) is 13.0 Å². The van der Waals surface area contributed by atoms with Gasteiger partial charge in [0.05, 0.1) is 0 Å². The molecule has 0 aliphatic carbocycles. The van der Waals surface area contributed by atoms with Crippen LogP contribution in [0.4, 0.5) is 0 Å². The molecule has 0 aromatic heterocycles. The van der Waals surface area contributed by atoms with E-state index in [2.05, 4.69) is 12.2 Å². The van der Waals surface area contributed by atoms with E-state index in [1.54, 1.807) is 0 Å². The molecule has 0 aromatic carbocycles. The van der Waals surface area contributed by atoms with Crippen LogP contribution in [0.1, 0.15) is 13.3 Å². The Hall–Kier alpha value is -0.0800. The summed E-state index contributed by atoms with van der Waals surface area (Å²) in [5.41, 5.74) is 0. The quantitative estimate of drug-likeness (QED) is 0.453. The molecule has 1 atom stereocenters. The molecule has 0 radical (unpaired) electrons. The molecule has 1 unspecified atom stereocenters. The fourth-order valence-electron chi connectivity index (χ4n) is 0.433. The summed E-state index contributed by atoms with van der Waals surface area (Å²) >= 11 is 0. The smallest absolute Gasteiger partial charge is 0.00508 e. The predicted octanol–water partition coefficient (Wildman–Crippen LogP) is 0.530. The van der Waals surface area contributed by atoms with E-state index in [4.69, 9.17) is 0 Å². The van der Waals surface area contributed by atoms with E-state index in [0.717, 1.165) is 6.04 Å². The molecule has 2 heteroatoms. The first-order chi connectivity index (χ1) is 2.39. The van der Waals surface area contributed by atoms with Gasteiger partial charge in [0, 0.05) is 6.04 Å². The van der Waals surface area contributed by atoms with Crippen LogP contribution in [-0.4, -0.2) is 12.6 Å². The Labute approximate surface area is 38.5 Å². The largest absolute Gasteiger partial charge is 0.344 e. The summed E-state index contributed by atoms with van der Waals surface area (Å²) in [6, 6.07) is 0.815. The van der Waals surface area contributed by atoms with Gasteiger partial charge in [-0.05, 0) is 19.9 Å². The van der Waals surface area contributed by atoms with Crippen molar-refractivity contribution < 1.29 is 0 Å².